The number of nitrogens with zero attached hydrogens (tertiary/aromatic N) is 2. The first-order valence-corrected chi connectivity index (χ1v) is 17.8. The maximum absolute atomic E-state index is 13.2. The van der Waals surface area contributed by atoms with E-state index in [0.717, 1.165) is 11.1 Å². The van der Waals surface area contributed by atoms with E-state index in [1.807, 2.05) is 48.5 Å². The summed E-state index contributed by atoms with van der Waals surface area (Å²) in [4.78, 5) is 55.5. The van der Waals surface area contributed by atoms with Gasteiger partial charge in [-0.05, 0) is 97.5 Å². The lowest BCUT2D eigenvalue weighted by atomic mass is 10.1. The smallest absolute Gasteiger partial charge is 0.256 e. The predicted molar refractivity (Wildman–Crippen MR) is 199 cm³/mol. The van der Waals surface area contributed by atoms with Crippen molar-refractivity contribution in [3.63, 3.8) is 0 Å². The Balaban J connectivity index is 0.938. The second-order valence-electron chi connectivity index (χ2n) is 13.3. The molecule has 0 saturated carbocycles. The van der Waals surface area contributed by atoms with Crippen LogP contribution in [0.15, 0.2) is 126 Å². The highest BCUT2D eigenvalue weighted by atomic mass is 16.3. The van der Waals surface area contributed by atoms with Crippen molar-refractivity contribution in [1.82, 2.24) is 9.80 Å². The largest absolute Gasteiger partial charge is 0.456 e. The SMILES string of the molecule is O=C(Nc1ccc(-c2ccc(-c3ccc(NC(=O)[C@@H]4CCCN4C(=O)[C@H](O)c4ccccc4)cc3)o2)cc1)C1CCCN1C(=O)[C@H](O)c1ccccc1. The minimum absolute atomic E-state index is 0.306. The van der Waals surface area contributed by atoms with E-state index >= 15 is 0 Å². The van der Waals surface area contributed by atoms with Crippen molar-refractivity contribution in [2.75, 3.05) is 23.7 Å². The molecule has 2 aliphatic rings. The molecule has 0 spiro atoms. The predicted octanol–water partition coefficient (Wildman–Crippen LogP) is 5.94. The van der Waals surface area contributed by atoms with Gasteiger partial charge in [0.1, 0.15) is 23.6 Å². The summed E-state index contributed by atoms with van der Waals surface area (Å²) in [5, 5.41) is 27.1. The molecule has 4 atom stereocenters. The van der Waals surface area contributed by atoms with Crippen molar-refractivity contribution in [3.05, 3.63) is 132 Å². The Morgan fingerprint density at radius 3 is 1.30 bits per heavy atom. The van der Waals surface area contributed by atoms with E-state index in [-0.39, 0.29) is 11.8 Å². The Morgan fingerprint density at radius 2 is 0.925 bits per heavy atom. The normalized spacial score (nSPS) is 18.0. The average Bonchev–Trinajstić information content (AvgIpc) is 4.00. The maximum atomic E-state index is 13.2. The van der Waals surface area contributed by atoms with Gasteiger partial charge in [-0.1, -0.05) is 60.7 Å². The zero-order valence-corrected chi connectivity index (χ0v) is 28.9. The first kappa shape index (κ1) is 35.4. The van der Waals surface area contributed by atoms with E-state index in [9.17, 15) is 29.4 Å². The van der Waals surface area contributed by atoms with Crippen LogP contribution in [0.5, 0.6) is 0 Å². The van der Waals surface area contributed by atoms with Crippen LogP contribution >= 0.6 is 0 Å². The van der Waals surface area contributed by atoms with Crippen LogP contribution in [0.3, 0.4) is 0 Å². The molecule has 4 N–H and O–H groups in total. The van der Waals surface area contributed by atoms with Gasteiger partial charge in [-0.15, -0.1) is 0 Å². The monoisotopic (exact) mass is 712 g/mol. The van der Waals surface area contributed by atoms with Gasteiger partial charge in [0, 0.05) is 35.6 Å². The number of benzene rings is 4. The molecule has 270 valence electrons. The molecule has 2 aliphatic heterocycles. The zero-order chi connectivity index (χ0) is 36.9. The zero-order valence-electron chi connectivity index (χ0n) is 28.9. The Hall–Kier alpha value is -6.04. The average molecular weight is 713 g/mol. The van der Waals surface area contributed by atoms with Crippen LogP contribution in [0.2, 0.25) is 0 Å². The van der Waals surface area contributed by atoms with Crippen LogP contribution < -0.4 is 10.6 Å². The molecule has 5 aromatic rings. The highest BCUT2D eigenvalue weighted by Crippen LogP contribution is 2.31. The van der Waals surface area contributed by atoms with Gasteiger partial charge in [-0.25, -0.2) is 0 Å². The fraction of sp³-hybridized carbons (Fsp3) is 0.238. The molecule has 11 nitrogen and oxygen atoms in total. The number of rotatable bonds is 10. The number of anilines is 2. The van der Waals surface area contributed by atoms with Crippen LogP contribution in [-0.2, 0) is 19.2 Å². The molecule has 1 aromatic heterocycles. The number of nitrogens with one attached hydrogen (secondary N) is 2. The summed E-state index contributed by atoms with van der Waals surface area (Å²) in [6.45, 7) is 0.807. The lowest BCUT2D eigenvalue weighted by Gasteiger charge is -2.26. The lowest BCUT2D eigenvalue weighted by molar-refractivity contribution is -0.144. The Morgan fingerprint density at radius 1 is 0.547 bits per heavy atom. The third-order valence-electron chi connectivity index (χ3n) is 9.86. The number of aliphatic hydroxyl groups is 2. The summed E-state index contributed by atoms with van der Waals surface area (Å²) in [7, 11) is 0. The summed E-state index contributed by atoms with van der Waals surface area (Å²) in [5.41, 5.74) is 3.73. The number of furan rings is 1. The Labute approximate surface area is 306 Å². The summed E-state index contributed by atoms with van der Waals surface area (Å²) in [5.74, 6) is -0.328. The lowest BCUT2D eigenvalue weighted by Crippen LogP contribution is -2.45. The second kappa shape index (κ2) is 15.7. The Kier molecular flexibility index (Phi) is 10.5. The van der Waals surface area contributed by atoms with Crippen molar-refractivity contribution in [2.45, 2.75) is 50.0 Å². The Bertz CT molecular complexity index is 1920. The summed E-state index contributed by atoms with van der Waals surface area (Å²) in [6, 6.07) is 34.2. The van der Waals surface area contributed by atoms with E-state index in [1.54, 1.807) is 72.8 Å². The highest BCUT2D eigenvalue weighted by molar-refractivity contribution is 5.99. The number of amides is 4. The summed E-state index contributed by atoms with van der Waals surface area (Å²) in [6.07, 6.45) is -0.278. The van der Waals surface area contributed by atoms with E-state index in [2.05, 4.69) is 10.6 Å². The van der Waals surface area contributed by atoms with Gasteiger partial charge < -0.3 is 35.1 Å². The van der Waals surface area contributed by atoms with Crippen LogP contribution in [0, 0.1) is 0 Å². The summed E-state index contributed by atoms with van der Waals surface area (Å²) >= 11 is 0. The molecule has 0 aliphatic carbocycles. The molecular formula is C42H40N4O7. The fourth-order valence-corrected chi connectivity index (χ4v) is 7.01. The highest BCUT2D eigenvalue weighted by Gasteiger charge is 2.38. The van der Waals surface area contributed by atoms with Gasteiger partial charge in [0.15, 0.2) is 12.2 Å². The van der Waals surface area contributed by atoms with E-state index < -0.39 is 36.1 Å². The molecule has 0 radical (unpaired) electrons. The van der Waals surface area contributed by atoms with Crippen LogP contribution in [-0.4, -0.2) is 68.8 Å². The minimum atomic E-state index is -1.32. The van der Waals surface area contributed by atoms with Gasteiger partial charge >= 0.3 is 0 Å². The van der Waals surface area contributed by atoms with Crippen LogP contribution in [0.4, 0.5) is 11.4 Å². The molecule has 7 rings (SSSR count). The quantitative estimate of drug-likeness (QED) is 0.140. The molecular weight excluding hydrogens is 672 g/mol. The fourth-order valence-electron chi connectivity index (χ4n) is 7.01. The van der Waals surface area contributed by atoms with Gasteiger partial charge in [-0.3, -0.25) is 19.2 Å². The van der Waals surface area contributed by atoms with Crippen molar-refractivity contribution in [2.24, 2.45) is 0 Å². The van der Waals surface area contributed by atoms with Crippen molar-refractivity contribution in [3.8, 4) is 22.6 Å². The molecule has 3 heterocycles. The van der Waals surface area contributed by atoms with Gasteiger partial charge in [0.05, 0.1) is 0 Å². The maximum Gasteiger partial charge on any atom is 0.256 e. The van der Waals surface area contributed by atoms with Gasteiger partial charge in [0.25, 0.3) is 11.8 Å². The molecule has 2 fully saturated rings. The van der Waals surface area contributed by atoms with Crippen molar-refractivity contribution >= 4 is 35.0 Å². The van der Waals surface area contributed by atoms with Gasteiger partial charge in [0.2, 0.25) is 11.8 Å². The van der Waals surface area contributed by atoms with Gasteiger partial charge in [-0.2, -0.15) is 0 Å². The van der Waals surface area contributed by atoms with Crippen LogP contribution in [0.25, 0.3) is 22.6 Å². The van der Waals surface area contributed by atoms with E-state index in [4.69, 9.17) is 4.42 Å². The molecule has 0 bridgehead atoms. The number of carbonyl (C=O) groups is 4. The number of carbonyl (C=O) groups excluding carboxylic acids is 4. The van der Waals surface area contributed by atoms with E-state index in [1.165, 1.54) is 9.80 Å². The van der Waals surface area contributed by atoms with Crippen molar-refractivity contribution < 1.29 is 33.8 Å². The number of hydrogen-bond acceptors (Lipinski definition) is 7. The third kappa shape index (κ3) is 7.76. The molecule has 4 aromatic carbocycles. The minimum Gasteiger partial charge on any atom is -0.456 e. The molecule has 2 saturated heterocycles. The van der Waals surface area contributed by atoms with Crippen LogP contribution in [0.1, 0.15) is 49.0 Å². The molecule has 1 unspecified atom stereocenters. The number of likely N-dealkylation sites (tertiary alicyclic amines) is 2. The topological polar surface area (TPSA) is 152 Å². The molecule has 53 heavy (non-hydrogen) atoms. The number of hydrogen-bond donors (Lipinski definition) is 4. The second-order valence-corrected chi connectivity index (χ2v) is 13.3. The molecule has 4 amide bonds. The summed E-state index contributed by atoms with van der Waals surface area (Å²) < 4.78 is 6.15. The van der Waals surface area contributed by atoms with E-state index in [0.29, 0.717) is 72.8 Å². The number of aliphatic hydroxyl groups excluding tert-OH is 2. The third-order valence-corrected chi connectivity index (χ3v) is 9.86. The standard InChI is InChI=1S/C42H40N4O7/c47-37(29-9-3-1-4-10-29)41(51)45-25-7-13-33(45)39(49)43-31-19-15-27(16-20-31)35-23-24-36(53-35)28-17-21-32(22-18-28)44-40(50)34-14-8-26-46(34)42(52)38(48)30-11-5-2-6-12-30/h1-6,9-12,15-24,33-34,37-38,47-48H,7-8,13-14,25-26H2,(H,43,49)(H,44,50)/t33-,34?,37+,38+/m0/s1. The first-order valence-electron chi connectivity index (χ1n) is 17.8. The first-order chi connectivity index (χ1) is 25.8. The molecule has 11 heteroatoms. The van der Waals surface area contributed by atoms with Crippen molar-refractivity contribution in [1.29, 1.82) is 0 Å².